The maximum atomic E-state index is 6.01. The molecule has 3 aromatic heterocycles. The third-order valence-corrected chi connectivity index (χ3v) is 5.42. The van der Waals surface area contributed by atoms with Gasteiger partial charge in [0.25, 0.3) is 11.5 Å². The first-order valence-corrected chi connectivity index (χ1v) is 10.2. The highest BCUT2D eigenvalue weighted by Gasteiger charge is 2.20. The molecule has 0 aliphatic heterocycles. The standard InChI is InChI=1S/C25H15ClN4O/c26-19-13-11-16(12-14-19)21-15-20-24(31-21)28-25-27-22(17-7-3-1-4-8-17)23(30(25)29-20)18-9-5-2-6-10-18/h1-15H. The number of hydrogen-bond donors (Lipinski definition) is 0. The van der Waals surface area contributed by atoms with E-state index in [1.807, 2.05) is 78.9 Å². The lowest BCUT2D eigenvalue weighted by molar-refractivity contribution is 0.616. The lowest BCUT2D eigenvalue weighted by Crippen LogP contribution is -1.96. The molecule has 0 aliphatic rings. The molecule has 0 spiro atoms. The maximum absolute atomic E-state index is 6.01. The number of rotatable bonds is 3. The van der Waals surface area contributed by atoms with Crippen LogP contribution in [0.15, 0.2) is 95.4 Å². The Kier molecular flexibility index (Phi) is 4.08. The molecule has 3 aromatic carbocycles. The molecule has 3 heterocycles. The minimum atomic E-state index is 0.446. The minimum Gasteiger partial charge on any atom is -0.436 e. The summed E-state index contributed by atoms with van der Waals surface area (Å²) in [6.07, 6.45) is 0. The molecule has 6 heteroatoms. The van der Waals surface area contributed by atoms with E-state index in [-0.39, 0.29) is 0 Å². The molecule has 0 aliphatic carbocycles. The molecule has 6 rings (SSSR count). The van der Waals surface area contributed by atoms with Gasteiger partial charge in [-0.05, 0) is 24.3 Å². The normalized spacial score (nSPS) is 11.4. The van der Waals surface area contributed by atoms with Crippen LogP contribution in [0, 0.1) is 0 Å². The van der Waals surface area contributed by atoms with Gasteiger partial charge in [-0.25, -0.2) is 4.98 Å². The van der Waals surface area contributed by atoms with E-state index < -0.39 is 0 Å². The van der Waals surface area contributed by atoms with E-state index in [4.69, 9.17) is 26.1 Å². The van der Waals surface area contributed by atoms with Crippen molar-refractivity contribution in [1.82, 2.24) is 19.6 Å². The zero-order chi connectivity index (χ0) is 20.8. The summed E-state index contributed by atoms with van der Waals surface area (Å²) >= 11 is 6.01. The van der Waals surface area contributed by atoms with E-state index in [9.17, 15) is 0 Å². The highest BCUT2D eigenvalue weighted by molar-refractivity contribution is 6.30. The van der Waals surface area contributed by atoms with Crippen molar-refractivity contribution < 1.29 is 4.42 Å². The largest absolute Gasteiger partial charge is 0.436 e. The van der Waals surface area contributed by atoms with Crippen LogP contribution in [0.3, 0.4) is 0 Å². The summed E-state index contributed by atoms with van der Waals surface area (Å²) in [6.45, 7) is 0. The maximum Gasteiger partial charge on any atom is 0.255 e. The summed E-state index contributed by atoms with van der Waals surface area (Å²) in [5.41, 5.74) is 5.77. The summed E-state index contributed by atoms with van der Waals surface area (Å²) in [5.74, 6) is 1.17. The average molecular weight is 423 g/mol. The van der Waals surface area contributed by atoms with Crippen LogP contribution in [0.4, 0.5) is 0 Å². The van der Waals surface area contributed by atoms with Gasteiger partial charge in [0.05, 0.1) is 0 Å². The van der Waals surface area contributed by atoms with Crippen molar-refractivity contribution in [2.45, 2.75) is 0 Å². The Bertz CT molecular complexity index is 1520. The quantitative estimate of drug-likeness (QED) is 0.325. The van der Waals surface area contributed by atoms with E-state index in [1.54, 1.807) is 4.52 Å². The second kappa shape index (κ2) is 7.07. The number of benzene rings is 3. The molecule has 0 amide bonds. The van der Waals surface area contributed by atoms with Crippen LogP contribution >= 0.6 is 11.6 Å². The van der Waals surface area contributed by atoms with Gasteiger partial charge in [-0.2, -0.15) is 14.6 Å². The van der Waals surface area contributed by atoms with E-state index in [2.05, 4.69) is 17.1 Å². The van der Waals surface area contributed by atoms with Crippen molar-refractivity contribution in [3.8, 4) is 33.8 Å². The van der Waals surface area contributed by atoms with Crippen molar-refractivity contribution in [3.63, 3.8) is 0 Å². The number of furan rings is 1. The molecule has 0 saturated heterocycles. The summed E-state index contributed by atoms with van der Waals surface area (Å²) in [5, 5.41) is 5.51. The Morgan fingerprint density at radius 2 is 1.39 bits per heavy atom. The monoisotopic (exact) mass is 422 g/mol. The lowest BCUT2D eigenvalue weighted by Gasteiger charge is -2.04. The van der Waals surface area contributed by atoms with Crippen LogP contribution in [0.25, 0.3) is 50.8 Å². The molecule has 0 fully saturated rings. The van der Waals surface area contributed by atoms with Crippen molar-refractivity contribution in [3.05, 3.63) is 96.0 Å². The zero-order valence-electron chi connectivity index (χ0n) is 16.2. The second-order valence-corrected chi connectivity index (χ2v) is 7.61. The van der Waals surface area contributed by atoms with Gasteiger partial charge in [0.15, 0.2) is 5.52 Å². The summed E-state index contributed by atoms with van der Waals surface area (Å²) < 4.78 is 7.79. The third-order valence-electron chi connectivity index (χ3n) is 5.16. The minimum absolute atomic E-state index is 0.446. The summed E-state index contributed by atoms with van der Waals surface area (Å²) in [6, 6.07) is 29.5. The van der Waals surface area contributed by atoms with Gasteiger partial charge in [0.2, 0.25) is 0 Å². The molecule has 0 saturated carbocycles. The molecule has 31 heavy (non-hydrogen) atoms. The van der Waals surface area contributed by atoms with E-state index in [1.165, 1.54) is 0 Å². The molecule has 0 N–H and O–H groups in total. The van der Waals surface area contributed by atoms with Crippen molar-refractivity contribution >= 4 is 28.6 Å². The van der Waals surface area contributed by atoms with Gasteiger partial charge in [-0.15, -0.1) is 0 Å². The number of halogens is 1. The Balaban J connectivity index is 1.60. The Labute approximate surface area is 182 Å². The third kappa shape index (κ3) is 3.07. The summed E-state index contributed by atoms with van der Waals surface area (Å²) in [4.78, 5) is 9.49. The number of nitrogens with zero attached hydrogens (tertiary/aromatic N) is 4. The Hall–Kier alpha value is -3.96. The predicted octanol–water partition coefficient (Wildman–Crippen LogP) is 6.52. The van der Waals surface area contributed by atoms with Crippen LogP contribution in [0.5, 0.6) is 0 Å². The highest BCUT2D eigenvalue weighted by Crippen LogP contribution is 2.33. The van der Waals surface area contributed by atoms with E-state index in [0.717, 1.165) is 28.1 Å². The fourth-order valence-corrected chi connectivity index (χ4v) is 3.82. The van der Waals surface area contributed by atoms with Crippen LogP contribution in [0.2, 0.25) is 5.02 Å². The molecule has 5 nitrogen and oxygen atoms in total. The first kappa shape index (κ1) is 17.9. The lowest BCUT2D eigenvalue weighted by atomic mass is 10.1. The van der Waals surface area contributed by atoms with Gasteiger partial charge in [0, 0.05) is 27.8 Å². The van der Waals surface area contributed by atoms with E-state index >= 15 is 0 Å². The second-order valence-electron chi connectivity index (χ2n) is 7.17. The molecule has 0 atom stereocenters. The van der Waals surface area contributed by atoms with Crippen LogP contribution in [-0.2, 0) is 0 Å². The Morgan fingerprint density at radius 1 is 0.710 bits per heavy atom. The number of fused-ring (bicyclic) bond motifs is 2. The van der Waals surface area contributed by atoms with Crippen LogP contribution in [-0.4, -0.2) is 19.6 Å². The summed E-state index contributed by atoms with van der Waals surface area (Å²) in [7, 11) is 0. The van der Waals surface area contributed by atoms with Crippen molar-refractivity contribution in [2.75, 3.05) is 0 Å². The molecular weight excluding hydrogens is 408 g/mol. The Morgan fingerprint density at radius 3 is 2.10 bits per heavy atom. The fourth-order valence-electron chi connectivity index (χ4n) is 3.70. The van der Waals surface area contributed by atoms with Gasteiger partial charge in [-0.1, -0.05) is 72.3 Å². The molecule has 6 aromatic rings. The number of hydrogen-bond acceptors (Lipinski definition) is 4. The molecule has 0 radical (unpaired) electrons. The van der Waals surface area contributed by atoms with Crippen molar-refractivity contribution in [2.24, 2.45) is 0 Å². The van der Waals surface area contributed by atoms with E-state index in [0.29, 0.717) is 27.8 Å². The first-order valence-electron chi connectivity index (χ1n) is 9.83. The highest BCUT2D eigenvalue weighted by atomic mass is 35.5. The number of imidazole rings is 1. The zero-order valence-corrected chi connectivity index (χ0v) is 17.0. The molecular formula is C25H15ClN4O. The van der Waals surface area contributed by atoms with Crippen molar-refractivity contribution in [1.29, 1.82) is 0 Å². The molecule has 0 unspecified atom stereocenters. The van der Waals surface area contributed by atoms with Gasteiger partial charge >= 0.3 is 0 Å². The first-order chi connectivity index (χ1) is 15.3. The van der Waals surface area contributed by atoms with Gasteiger partial charge in [0.1, 0.15) is 17.1 Å². The predicted molar refractivity (Wildman–Crippen MR) is 122 cm³/mol. The van der Waals surface area contributed by atoms with Gasteiger partial charge in [-0.3, -0.25) is 0 Å². The average Bonchev–Trinajstić information content (AvgIpc) is 3.40. The molecule has 0 bridgehead atoms. The van der Waals surface area contributed by atoms with Gasteiger partial charge < -0.3 is 4.42 Å². The smallest absolute Gasteiger partial charge is 0.255 e. The fraction of sp³-hybridized carbons (Fsp3) is 0. The number of aromatic nitrogens is 4. The SMILES string of the molecule is Clc1ccc(-c2cc3nn4c(-c5ccccc5)c(-c5ccccc5)nc4nc3o2)cc1. The molecule has 148 valence electrons. The topological polar surface area (TPSA) is 56.2 Å². The van der Waals surface area contributed by atoms with Crippen LogP contribution < -0.4 is 0 Å². The van der Waals surface area contributed by atoms with Crippen LogP contribution in [0.1, 0.15) is 0 Å².